The zero-order chi connectivity index (χ0) is 27.7. The molecule has 9 rings (SSSR count). The van der Waals surface area contributed by atoms with E-state index in [-0.39, 0.29) is 23.7 Å². The number of fused-ring (bicyclic) bond motifs is 13. The third kappa shape index (κ3) is 2.86. The van der Waals surface area contributed by atoms with Crippen LogP contribution in [0, 0.1) is 0 Å². The van der Waals surface area contributed by atoms with Crippen LogP contribution in [0.4, 0.5) is 0 Å². The summed E-state index contributed by atoms with van der Waals surface area (Å²) in [6, 6.07) is 38.5. The predicted molar refractivity (Wildman–Crippen MR) is 171 cm³/mol. The van der Waals surface area contributed by atoms with Gasteiger partial charge in [-0.15, -0.1) is 11.3 Å². The average Bonchev–Trinajstić information content (AvgIpc) is 3.64. The highest BCUT2D eigenvalue weighted by atomic mass is 32.1. The molecular formula is C37H29BO2S. The molecule has 198 valence electrons. The molecule has 1 aromatic heterocycles. The highest BCUT2D eigenvalue weighted by Gasteiger charge is 2.53. The van der Waals surface area contributed by atoms with Crippen LogP contribution in [-0.2, 0) is 14.7 Å². The Bertz CT molecular complexity index is 2020. The maximum atomic E-state index is 6.52. The monoisotopic (exact) mass is 548 g/mol. The van der Waals surface area contributed by atoms with Crippen molar-refractivity contribution in [3.8, 4) is 22.3 Å². The summed E-state index contributed by atoms with van der Waals surface area (Å²) in [5.74, 6) is 0. The van der Waals surface area contributed by atoms with Gasteiger partial charge in [0.25, 0.3) is 0 Å². The SMILES string of the molecule is CC1(C)OB(c2cccc3c2sc2cc4c(cc23)-c2ccccc2C42c3ccccc3-c3ccccc32)OC1(C)C. The molecule has 0 saturated carbocycles. The van der Waals surface area contributed by atoms with E-state index in [9.17, 15) is 0 Å². The number of rotatable bonds is 1. The molecule has 3 aliphatic rings. The molecule has 1 saturated heterocycles. The maximum Gasteiger partial charge on any atom is 0.496 e. The summed E-state index contributed by atoms with van der Waals surface area (Å²) in [6.07, 6.45) is 0. The minimum absolute atomic E-state index is 0.321. The summed E-state index contributed by atoms with van der Waals surface area (Å²) in [5, 5.41) is 2.57. The molecular weight excluding hydrogens is 519 g/mol. The summed E-state index contributed by atoms with van der Waals surface area (Å²) in [6.45, 7) is 8.49. The quantitative estimate of drug-likeness (QED) is 0.191. The van der Waals surface area contributed by atoms with Gasteiger partial charge >= 0.3 is 7.12 Å². The maximum absolute atomic E-state index is 6.52. The highest BCUT2D eigenvalue weighted by Crippen LogP contribution is 2.63. The van der Waals surface area contributed by atoms with Gasteiger partial charge in [-0.05, 0) is 89.7 Å². The van der Waals surface area contributed by atoms with E-state index in [2.05, 4.69) is 131 Å². The first kappa shape index (κ1) is 24.0. The Labute approximate surface area is 244 Å². The lowest BCUT2D eigenvalue weighted by Gasteiger charge is -2.32. The van der Waals surface area contributed by atoms with E-state index >= 15 is 0 Å². The van der Waals surface area contributed by atoms with Crippen molar-refractivity contribution in [1.29, 1.82) is 0 Å². The number of thiophene rings is 1. The lowest BCUT2D eigenvalue weighted by Crippen LogP contribution is -2.41. The van der Waals surface area contributed by atoms with E-state index in [1.54, 1.807) is 0 Å². The first-order valence-corrected chi connectivity index (χ1v) is 15.3. The lowest BCUT2D eigenvalue weighted by atomic mass is 9.70. The molecule has 1 spiro atoms. The second-order valence-electron chi connectivity index (χ2n) is 12.7. The van der Waals surface area contributed by atoms with Crippen LogP contribution >= 0.6 is 11.3 Å². The van der Waals surface area contributed by atoms with Gasteiger partial charge in [-0.3, -0.25) is 0 Å². The van der Waals surface area contributed by atoms with Crippen LogP contribution in [0.3, 0.4) is 0 Å². The third-order valence-electron chi connectivity index (χ3n) is 10.2. The van der Waals surface area contributed by atoms with Crippen molar-refractivity contribution in [2.45, 2.75) is 44.3 Å². The number of hydrogen-bond acceptors (Lipinski definition) is 3. The van der Waals surface area contributed by atoms with Gasteiger partial charge in [0.15, 0.2) is 0 Å². The third-order valence-corrected chi connectivity index (χ3v) is 11.4. The van der Waals surface area contributed by atoms with E-state index in [4.69, 9.17) is 9.31 Å². The topological polar surface area (TPSA) is 18.5 Å². The Balaban J connectivity index is 1.35. The fourth-order valence-electron chi connectivity index (χ4n) is 7.56. The summed E-state index contributed by atoms with van der Waals surface area (Å²) >= 11 is 1.86. The van der Waals surface area contributed by atoms with Gasteiger partial charge < -0.3 is 9.31 Å². The molecule has 5 aromatic carbocycles. The Hall–Kier alpha value is -3.70. The van der Waals surface area contributed by atoms with Crippen LogP contribution in [0.2, 0.25) is 0 Å². The van der Waals surface area contributed by atoms with E-state index in [1.807, 2.05) is 11.3 Å². The van der Waals surface area contributed by atoms with Gasteiger partial charge in [0, 0.05) is 20.2 Å². The van der Waals surface area contributed by atoms with Crippen LogP contribution in [0.1, 0.15) is 49.9 Å². The molecule has 0 radical (unpaired) electrons. The van der Waals surface area contributed by atoms with Crippen LogP contribution in [0.25, 0.3) is 42.4 Å². The molecule has 1 aliphatic heterocycles. The molecule has 0 amide bonds. The molecule has 4 heteroatoms. The van der Waals surface area contributed by atoms with Crippen molar-refractivity contribution in [2.24, 2.45) is 0 Å². The van der Waals surface area contributed by atoms with Crippen molar-refractivity contribution in [2.75, 3.05) is 0 Å². The largest absolute Gasteiger partial charge is 0.496 e. The molecule has 1 fully saturated rings. The van der Waals surface area contributed by atoms with Gasteiger partial charge in [-0.25, -0.2) is 0 Å². The zero-order valence-corrected chi connectivity index (χ0v) is 24.4. The molecule has 2 nitrogen and oxygen atoms in total. The predicted octanol–water partition coefficient (Wildman–Crippen LogP) is 8.70. The fraction of sp³-hybridized carbons (Fsp3) is 0.189. The summed E-state index contributed by atoms with van der Waals surface area (Å²) < 4.78 is 15.6. The normalized spacial score (nSPS) is 18.6. The average molecular weight is 549 g/mol. The minimum Gasteiger partial charge on any atom is -0.399 e. The van der Waals surface area contributed by atoms with Crippen LogP contribution in [0.5, 0.6) is 0 Å². The second-order valence-corrected chi connectivity index (χ2v) is 13.7. The fourth-order valence-corrected chi connectivity index (χ4v) is 8.81. The van der Waals surface area contributed by atoms with Gasteiger partial charge in [0.1, 0.15) is 0 Å². The summed E-state index contributed by atoms with van der Waals surface area (Å²) in [5.41, 5.74) is 10.9. The summed E-state index contributed by atoms with van der Waals surface area (Å²) in [7, 11) is -0.385. The highest BCUT2D eigenvalue weighted by molar-refractivity contribution is 7.27. The smallest absolute Gasteiger partial charge is 0.399 e. The zero-order valence-electron chi connectivity index (χ0n) is 23.6. The number of benzene rings is 5. The van der Waals surface area contributed by atoms with Crippen molar-refractivity contribution in [1.82, 2.24) is 0 Å². The van der Waals surface area contributed by atoms with E-state index < -0.39 is 0 Å². The van der Waals surface area contributed by atoms with Crippen LogP contribution in [-0.4, -0.2) is 18.3 Å². The molecule has 2 heterocycles. The molecule has 2 aliphatic carbocycles. The van der Waals surface area contributed by atoms with Crippen molar-refractivity contribution in [3.05, 3.63) is 125 Å². The van der Waals surface area contributed by atoms with Gasteiger partial charge in [0.2, 0.25) is 0 Å². The summed E-state index contributed by atoms with van der Waals surface area (Å²) in [4.78, 5) is 0. The van der Waals surface area contributed by atoms with Crippen LogP contribution < -0.4 is 5.46 Å². The Morgan fingerprint density at radius 2 is 1.07 bits per heavy atom. The van der Waals surface area contributed by atoms with E-state index in [1.165, 1.54) is 64.7 Å². The Kier molecular flexibility index (Phi) is 4.54. The molecule has 0 N–H and O–H groups in total. The lowest BCUT2D eigenvalue weighted by molar-refractivity contribution is 0.00578. The Morgan fingerprint density at radius 1 is 0.537 bits per heavy atom. The minimum atomic E-state index is -0.385. The first-order valence-electron chi connectivity index (χ1n) is 14.5. The van der Waals surface area contributed by atoms with E-state index in [0.29, 0.717) is 0 Å². The molecule has 6 aromatic rings. The molecule has 41 heavy (non-hydrogen) atoms. The van der Waals surface area contributed by atoms with Gasteiger partial charge in [-0.2, -0.15) is 0 Å². The van der Waals surface area contributed by atoms with E-state index in [0.717, 1.165) is 5.46 Å². The molecule has 0 bridgehead atoms. The van der Waals surface area contributed by atoms with Gasteiger partial charge in [0.05, 0.1) is 16.6 Å². The molecule has 0 atom stereocenters. The van der Waals surface area contributed by atoms with Crippen molar-refractivity contribution >= 4 is 44.1 Å². The van der Waals surface area contributed by atoms with Crippen molar-refractivity contribution in [3.63, 3.8) is 0 Å². The first-order chi connectivity index (χ1) is 19.8. The Morgan fingerprint density at radius 3 is 1.66 bits per heavy atom. The van der Waals surface area contributed by atoms with Crippen molar-refractivity contribution < 1.29 is 9.31 Å². The molecule has 0 unspecified atom stereocenters. The standard InChI is InChI=1S/C37H29BO2S/c1-35(2)36(3,4)40-38(39-35)32-19-11-15-25-27-20-26-24-14-7-10-18-30(24)37(31(26)21-33(27)41-34(25)32)28-16-8-5-12-22(28)23-13-6-9-17-29(23)37/h5-21H,1-4H3. The second kappa shape index (κ2) is 7.77. The number of hydrogen-bond donors (Lipinski definition) is 0. The van der Waals surface area contributed by atoms with Crippen LogP contribution in [0.15, 0.2) is 103 Å². The van der Waals surface area contributed by atoms with Gasteiger partial charge in [-0.1, -0.05) is 91.0 Å².